The molecule has 0 spiro atoms. The third kappa shape index (κ3) is 42.6. The number of ether oxygens (including phenoxy) is 3. The lowest BCUT2D eigenvalue weighted by molar-refractivity contribution is -0.163. The summed E-state index contributed by atoms with van der Waals surface area (Å²) in [5, 5.41) is 0. The summed E-state index contributed by atoms with van der Waals surface area (Å²) >= 11 is 0. The van der Waals surface area contributed by atoms with E-state index in [2.05, 4.69) is 69.4 Å². The lowest BCUT2D eigenvalue weighted by Gasteiger charge is -2.18. The lowest BCUT2D eigenvalue weighted by Crippen LogP contribution is -2.30. The molecule has 0 aromatic carbocycles. The molecule has 0 fully saturated rings. The van der Waals surface area contributed by atoms with E-state index in [9.17, 15) is 9.59 Å². The van der Waals surface area contributed by atoms with Crippen LogP contribution in [0, 0.1) is 0 Å². The molecule has 0 saturated heterocycles. The summed E-state index contributed by atoms with van der Waals surface area (Å²) in [6, 6.07) is 0. The first-order chi connectivity index (χ1) is 26.6. The minimum atomic E-state index is -0.545. The summed E-state index contributed by atoms with van der Waals surface area (Å²) in [4.78, 5) is 25.2. The summed E-state index contributed by atoms with van der Waals surface area (Å²) < 4.78 is 17.3. The van der Waals surface area contributed by atoms with Gasteiger partial charge in [0.05, 0.1) is 6.61 Å². The Labute approximate surface area is 335 Å². The summed E-state index contributed by atoms with van der Waals surface area (Å²) in [6.07, 6.45) is 54.0. The van der Waals surface area contributed by atoms with Gasteiger partial charge < -0.3 is 14.2 Å². The predicted molar refractivity (Wildman–Crippen MR) is 233 cm³/mol. The van der Waals surface area contributed by atoms with Gasteiger partial charge in [-0.3, -0.25) is 9.59 Å². The predicted octanol–water partition coefficient (Wildman–Crippen LogP) is 15.2. The van der Waals surface area contributed by atoms with Gasteiger partial charge in [-0.25, -0.2) is 0 Å². The Morgan fingerprint density at radius 3 is 1.31 bits per heavy atom. The first-order valence-corrected chi connectivity index (χ1v) is 23.2. The van der Waals surface area contributed by atoms with Crippen molar-refractivity contribution in [2.24, 2.45) is 0 Å². The molecule has 5 nitrogen and oxygen atoms in total. The highest BCUT2D eigenvalue weighted by atomic mass is 16.6. The second kappa shape index (κ2) is 45.3. The fourth-order valence-electron chi connectivity index (χ4n) is 6.44. The second-order valence-electron chi connectivity index (χ2n) is 15.3. The zero-order valence-corrected chi connectivity index (χ0v) is 36.0. The first-order valence-electron chi connectivity index (χ1n) is 23.2. The number of esters is 2. The van der Waals surface area contributed by atoms with Crippen molar-refractivity contribution in [3.63, 3.8) is 0 Å². The third-order valence-corrected chi connectivity index (χ3v) is 9.88. The SMILES string of the molecule is CC/C=C\C/C=C\C/C=C\C/C=C\CCCCCOCC(COC(=O)CCCCCCCCCCCCCCC)OC(=O)CCCCCCCCCCC. The van der Waals surface area contributed by atoms with Crippen LogP contribution in [0.1, 0.15) is 226 Å². The molecule has 0 aliphatic carbocycles. The highest BCUT2D eigenvalue weighted by molar-refractivity contribution is 5.70. The van der Waals surface area contributed by atoms with E-state index in [1.54, 1.807) is 0 Å². The van der Waals surface area contributed by atoms with Gasteiger partial charge in [0.15, 0.2) is 6.10 Å². The molecule has 0 heterocycles. The average Bonchev–Trinajstić information content (AvgIpc) is 3.17. The maximum atomic E-state index is 12.7. The van der Waals surface area contributed by atoms with E-state index in [0.717, 1.165) is 77.0 Å². The smallest absolute Gasteiger partial charge is 0.306 e. The van der Waals surface area contributed by atoms with Crippen molar-refractivity contribution in [2.75, 3.05) is 19.8 Å². The van der Waals surface area contributed by atoms with Gasteiger partial charge in [0, 0.05) is 19.4 Å². The minimum absolute atomic E-state index is 0.0760. The van der Waals surface area contributed by atoms with Crippen molar-refractivity contribution in [3.05, 3.63) is 48.6 Å². The van der Waals surface area contributed by atoms with Crippen LogP contribution >= 0.6 is 0 Å². The molecule has 5 heteroatoms. The van der Waals surface area contributed by atoms with Gasteiger partial charge in [-0.1, -0.05) is 204 Å². The Morgan fingerprint density at radius 2 is 0.833 bits per heavy atom. The van der Waals surface area contributed by atoms with Crippen LogP contribution in [0.15, 0.2) is 48.6 Å². The van der Waals surface area contributed by atoms with Crippen LogP contribution in [0.5, 0.6) is 0 Å². The van der Waals surface area contributed by atoms with E-state index in [-0.39, 0.29) is 25.2 Å². The fraction of sp³-hybridized carbons (Fsp3) is 0.796. The Hall–Kier alpha value is -2.14. The van der Waals surface area contributed by atoms with Gasteiger partial charge in [-0.05, 0) is 57.8 Å². The Morgan fingerprint density at radius 1 is 0.426 bits per heavy atom. The molecule has 0 aliphatic rings. The van der Waals surface area contributed by atoms with E-state index < -0.39 is 6.10 Å². The van der Waals surface area contributed by atoms with Crippen molar-refractivity contribution in [2.45, 2.75) is 232 Å². The molecule has 0 aromatic heterocycles. The highest BCUT2D eigenvalue weighted by Gasteiger charge is 2.17. The quantitative estimate of drug-likeness (QED) is 0.0353. The van der Waals surface area contributed by atoms with Crippen LogP contribution in [0.2, 0.25) is 0 Å². The summed E-state index contributed by atoms with van der Waals surface area (Å²) in [5.74, 6) is -0.411. The number of carbonyl (C=O) groups is 2. The van der Waals surface area contributed by atoms with E-state index in [0.29, 0.717) is 19.4 Å². The molecule has 0 amide bonds. The van der Waals surface area contributed by atoms with Crippen LogP contribution < -0.4 is 0 Å². The van der Waals surface area contributed by atoms with Crippen LogP contribution in [-0.4, -0.2) is 37.9 Å². The third-order valence-electron chi connectivity index (χ3n) is 9.88. The summed E-state index contributed by atoms with van der Waals surface area (Å²) in [7, 11) is 0. The molecule has 54 heavy (non-hydrogen) atoms. The molecule has 0 radical (unpaired) electrons. The Bertz CT molecular complexity index is 904. The van der Waals surface area contributed by atoms with Gasteiger partial charge in [-0.15, -0.1) is 0 Å². The number of hydrogen-bond donors (Lipinski definition) is 0. The minimum Gasteiger partial charge on any atom is -0.462 e. The van der Waals surface area contributed by atoms with E-state index in [1.165, 1.54) is 116 Å². The molecule has 0 N–H and O–H groups in total. The van der Waals surface area contributed by atoms with Gasteiger partial charge in [0.1, 0.15) is 6.61 Å². The molecule has 1 unspecified atom stereocenters. The van der Waals surface area contributed by atoms with Crippen LogP contribution in [-0.2, 0) is 23.8 Å². The summed E-state index contributed by atoms with van der Waals surface area (Å²) in [6.45, 7) is 7.64. The standard InChI is InChI=1S/C49H88O5/c1-4-7-10-13-16-19-21-23-24-25-27-29-32-35-38-41-44-52-45-47(54-49(51)43-40-37-34-30-18-15-12-9-6-3)46-53-48(50)42-39-36-33-31-28-26-22-20-17-14-11-8-5-2/h7,10,16,19,23-24,27,29,47H,4-6,8-9,11-15,17-18,20-22,25-26,28,30-46H2,1-3H3/b10-7-,19-16-,24-23-,29-27-. The zero-order valence-electron chi connectivity index (χ0n) is 36.0. The van der Waals surface area contributed by atoms with Crippen molar-refractivity contribution in [3.8, 4) is 0 Å². The first kappa shape index (κ1) is 51.9. The largest absolute Gasteiger partial charge is 0.462 e. The molecule has 1 atom stereocenters. The second-order valence-corrected chi connectivity index (χ2v) is 15.3. The lowest BCUT2D eigenvalue weighted by atomic mass is 10.0. The maximum absolute atomic E-state index is 12.7. The maximum Gasteiger partial charge on any atom is 0.306 e. The fourth-order valence-corrected chi connectivity index (χ4v) is 6.44. The molecule has 0 aromatic rings. The van der Waals surface area contributed by atoms with E-state index >= 15 is 0 Å². The molecule has 0 saturated carbocycles. The highest BCUT2D eigenvalue weighted by Crippen LogP contribution is 2.14. The molecule has 314 valence electrons. The van der Waals surface area contributed by atoms with Gasteiger partial charge in [0.2, 0.25) is 0 Å². The molecular formula is C49H88O5. The van der Waals surface area contributed by atoms with Crippen LogP contribution in [0.3, 0.4) is 0 Å². The Kier molecular flexibility index (Phi) is 43.5. The molecule has 0 aliphatic heterocycles. The van der Waals surface area contributed by atoms with Gasteiger partial charge in [-0.2, -0.15) is 0 Å². The number of allylic oxidation sites excluding steroid dienone is 8. The van der Waals surface area contributed by atoms with E-state index in [1.807, 2.05) is 0 Å². The molecule has 0 rings (SSSR count). The zero-order chi connectivity index (χ0) is 39.3. The van der Waals surface area contributed by atoms with E-state index in [4.69, 9.17) is 14.2 Å². The molecular weight excluding hydrogens is 669 g/mol. The summed E-state index contributed by atoms with van der Waals surface area (Å²) in [5.41, 5.74) is 0. The normalized spacial score (nSPS) is 12.6. The van der Waals surface area contributed by atoms with Crippen LogP contribution in [0.4, 0.5) is 0 Å². The van der Waals surface area contributed by atoms with Crippen molar-refractivity contribution >= 4 is 11.9 Å². The number of rotatable bonds is 42. The average molecular weight is 757 g/mol. The van der Waals surface area contributed by atoms with Gasteiger partial charge >= 0.3 is 11.9 Å². The van der Waals surface area contributed by atoms with Crippen LogP contribution in [0.25, 0.3) is 0 Å². The molecule has 0 bridgehead atoms. The van der Waals surface area contributed by atoms with Crippen molar-refractivity contribution in [1.82, 2.24) is 0 Å². The Balaban J connectivity index is 4.26. The van der Waals surface area contributed by atoms with Crippen molar-refractivity contribution < 1.29 is 23.8 Å². The number of hydrogen-bond acceptors (Lipinski definition) is 5. The number of unbranched alkanes of at least 4 members (excludes halogenated alkanes) is 23. The van der Waals surface area contributed by atoms with Crippen molar-refractivity contribution in [1.29, 1.82) is 0 Å². The topological polar surface area (TPSA) is 61.8 Å². The van der Waals surface area contributed by atoms with Gasteiger partial charge in [0.25, 0.3) is 0 Å². The monoisotopic (exact) mass is 757 g/mol. The number of carbonyl (C=O) groups excluding carboxylic acids is 2.